The van der Waals surface area contributed by atoms with Crippen LogP contribution in [0.25, 0.3) is 22.4 Å². The van der Waals surface area contributed by atoms with Crippen LogP contribution in [0.2, 0.25) is 0 Å². The zero-order valence-corrected chi connectivity index (χ0v) is 15.1. The highest BCUT2D eigenvalue weighted by Gasteiger charge is 2.14. The van der Waals surface area contributed by atoms with E-state index in [4.69, 9.17) is 4.98 Å². The number of hydrogen-bond acceptors (Lipinski definition) is 4. The number of rotatable bonds is 6. The number of hydrogen-bond donors (Lipinski definition) is 1. The molecule has 132 valence electrons. The predicted octanol–water partition coefficient (Wildman–Crippen LogP) is 3.72. The predicted molar refractivity (Wildman–Crippen MR) is 104 cm³/mol. The molecule has 0 unspecified atom stereocenters. The molecule has 0 aliphatic heterocycles. The van der Waals surface area contributed by atoms with Crippen molar-refractivity contribution in [1.29, 1.82) is 0 Å². The molecule has 0 spiro atoms. The van der Waals surface area contributed by atoms with Crippen LogP contribution in [0, 0.1) is 0 Å². The summed E-state index contributed by atoms with van der Waals surface area (Å²) < 4.78 is 2.21. The Labute approximate surface area is 152 Å². The van der Waals surface area contributed by atoms with E-state index in [1.54, 1.807) is 6.20 Å². The molecule has 0 saturated carbocycles. The molecule has 0 bridgehead atoms. The summed E-state index contributed by atoms with van der Waals surface area (Å²) in [5.41, 5.74) is 4.14. The molecule has 4 rings (SSSR count). The summed E-state index contributed by atoms with van der Waals surface area (Å²) in [6, 6.07) is 14.4. The largest absolute Gasteiger partial charge is 0.357 e. The minimum Gasteiger partial charge on any atom is -0.357 e. The van der Waals surface area contributed by atoms with Crippen molar-refractivity contribution in [3.05, 3.63) is 60.6 Å². The Bertz CT molecular complexity index is 981. The molecule has 4 aromatic rings. The lowest BCUT2D eigenvalue weighted by Crippen LogP contribution is -2.22. The van der Waals surface area contributed by atoms with Gasteiger partial charge in [0.05, 0.1) is 23.3 Å². The maximum Gasteiger partial charge on any atom is 0.143 e. The summed E-state index contributed by atoms with van der Waals surface area (Å²) in [5.74, 6) is 1.91. The molecular weight excluding hydrogens is 324 g/mol. The third-order valence-corrected chi connectivity index (χ3v) is 4.63. The first-order chi connectivity index (χ1) is 12.8. The third-order valence-electron chi connectivity index (χ3n) is 4.63. The molecule has 1 N–H and O–H groups in total. The van der Waals surface area contributed by atoms with Crippen molar-refractivity contribution in [3.63, 3.8) is 0 Å². The van der Waals surface area contributed by atoms with E-state index in [1.807, 2.05) is 30.5 Å². The lowest BCUT2D eigenvalue weighted by Gasteiger charge is -2.19. The molecule has 6 nitrogen and oxygen atoms in total. The SMILES string of the molecule is CCN(CC)c1ccc(-c2nc3ccccc3n2Cc2ccn[nH]2)cn1. The molecule has 3 aromatic heterocycles. The Hall–Kier alpha value is -3.15. The minimum atomic E-state index is 0.688. The summed E-state index contributed by atoms with van der Waals surface area (Å²) in [6.45, 7) is 6.86. The highest BCUT2D eigenvalue weighted by Crippen LogP contribution is 2.26. The molecule has 0 aliphatic rings. The Morgan fingerprint density at radius 3 is 2.58 bits per heavy atom. The number of aromatic amines is 1. The molecule has 0 atom stereocenters. The number of para-hydroxylation sites is 2. The maximum absolute atomic E-state index is 4.85. The zero-order valence-electron chi connectivity index (χ0n) is 15.1. The van der Waals surface area contributed by atoms with E-state index in [0.29, 0.717) is 6.54 Å². The topological polar surface area (TPSA) is 62.6 Å². The lowest BCUT2D eigenvalue weighted by atomic mass is 10.2. The van der Waals surface area contributed by atoms with Gasteiger partial charge in [-0.25, -0.2) is 9.97 Å². The van der Waals surface area contributed by atoms with E-state index in [-0.39, 0.29) is 0 Å². The van der Waals surface area contributed by atoms with Crippen LogP contribution >= 0.6 is 0 Å². The van der Waals surface area contributed by atoms with Crippen molar-refractivity contribution in [3.8, 4) is 11.4 Å². The zero-order chi connectivity index (χ0) is 17.9. The lowest BCUT2D eigenvalue weighted by molar-refractivity contribution is 0.797. The van der Waals surface area contributed by atoms with Crippen LogP contribution in [0.15, 0.2) is 54.9 Å². The van der Waals surface area contributed by atoms with E-state index in [1.165, 1.54) is 0 Å². The normalized spacial score (nSPS) is 11.2. The number of fused-ring (bicyclic) bond motifs is 1. The first-order valence-corrected chi connectivity index (χ1v) is 8.95. The summed E-state index contributed by atoms with van der Waals surface area (Å²) >= 11 is 0. The van der Waals surface area contributed by atoms with Gasteiger partial charge in [0.1, 0.15) is 11.6 Å². The Morgan fingerprint density at radius 2 is 1.88 bits per heavy atom. The number of aromatic nitrogens is 5. The monoisotopic (exact) mass is 346 g/mol. The molecule has 0 radical (unpaired) electrons. The van der Waals surface area contributed by atoms with Gasteiger partial charge in [-0.05, 0) is 44.2 Å². The Balaban J connectivity index is 1.78. The number of imidazole rings is 1. The second kappa shape index (κ2) is 7.00. The number of nitrogens with one attached hydrogen (secondary N) is 1. The van der Waals surface area contributed by atoms with Crippen molar-refractivity contribution >= 4 is 16.9 Å². The molecule has 0 fully saturated rings. The van der Waals surface area contributed by atoms with Gasteiger partial charge in [-0.15, -0.1) is 0 Å². The molecule has 6 heteroatoms. The fourth-order valence-electron chi connectivity index (χ4n) is 3.25. The van der Waals surface area contributed by atoms with E-state index >= 15 is 0 Å². The van der Waals surface area contributed by atoms with Crippen LogP contribution in [0.5, 0.6) is 0 Å². The molecule has 0 saturated heterocycles. The first kappa shape index (κ1) is 16.3. The number of anilines is 1. The van der Waals surface area contributed by atoms with E-state index in [9.17, 15) is 0 Å². The van der Waals surface area contributed by atoms with Gasteiger partial charge in [0, 0.05) is 31.0 Å². The van der Waals surface area contributed by atoms with Crippen LogP contribution < -0.4 is 4.90 Å². The summed E-state index contributed by atoms with van der Waals surface area (Å²) in [6.07, 6.45) is 3.69. The van der Waals surface area contributed by atoms with Gasteiger partial charge in [0.25, 0.3) is 0 Å². The second-order valence-electron chi connectivity index (χ2n) is 6.17. The van der Waals surface area contributed by atoms with Gasteiger partial charge >= 0.3 is 0 Å². The number of benzene rings is 1. The highest BCUT2D eigenvalue weighted by atomic mass is 15.2. The molecular formula is C20H22N6. The average Bonchev–Trinajstić information content (AvgIpc) is 3.32. The fraction of sp³-hybridized carbons (Fsp3) is 0.250. The molecule has 1 aromatic carbocycles. The summed E-state index contributed by atoms with van der Waals surface area (Å²) in [7, 11) is 0. The van der Waals surface area contributed by atoms with Crippen LogP contribution in [0.4, 0.5) is 5.82 Å². The quantitative estimate of drug-likeness (QED) is 0.578. The van der Waals surface area contributed by atoms with E-state index in [2.05, 4.69) is 56.7 Å². The van der Waals surface area contributed by atoms with Crippen molar-refractivity contribution in [2.75, 3.05) is 18.0 Å². The number of pyridine rings is 1. The van der Waals surface area contributed by atoms with Crippen LogP contribution in [-0.2, 0) is 6.54 Å². The van der Waals surface area contributed by atoms with Crippen LogP contribution in [0.1, 0.15) is 19.5 Å². The summed E-state index contributed by atoms with van der Waals surface area (Å²) in [5, 5.41) is 7.10. The van der Waals surface area contributed by atoms with Crippen molar-refractivity contribution in [2.24, 2.45) is 0 Å². The van der Waals surface area contributed by atoms with Gasteiger partial charge in [-0.2, -0.15) is 5.10 Å². The Morgan fingerprint density at radius 1 is 1.04 bits per heavy atom. The van der Waals surface area contributed by atoms with Crippen LogP contribution in [-0.4, -0.2) is 37.8 Å². The van der Waals surface area contributed by atoms with Crippen molar-refractivity contribution in [1.82, 2.24) is 24.7 Å². The average molecular weight is 346 g/mol. The Kier molecular flexibility index (Phi) is 4.39. The molecule has 3 heterocycles. The molecule has 0 aliphatic carbocycles. The minimum absolute atomic E-state index is 0.688. The summed E-state index contributed by atoms with van der Waals surface area (Å²) in [4.78, 5) is 11.7. The fourth-order valence-corrected chi connectivity index (χ4v) is 3.25. The van der Waals surface area contributed by atoms with Gasteiger partial charge in [-0.3, -0.25) is 5.10 Å². The number of H-pyrrole nitrogens is 1. The highest BCUT2D eigenvalue weighted by molar-refractivity contribution is 5.80. The van der Waals surface area contributed by atoms with Crippen LogP contribution in [0.3, 0.4) is 0 Å². The first-order valence-electron chi connectivity index (χ1n) is 8.95. The van der Waals surface area contributed by atoms with Gasteiger partial charge in [0.2, 0.25) is 0 Å². The molecule has 26 heavy (non-hydrogen) atoms. The number of nitrogens with zero attached hydrogens (tertiary/aromatic N) is 5. The van der Waals surface area contributed by atoms with Gasteiger partial charge in [0.15, 0.2) is 0 Å². The van der Waals surface area contributed by atoms with E-state index in [0.717, 1.165) is 47.0 Å². The van der Waals surface area contributed by atoms with Gasteiger partial charge < -0.3 is 9.47 Å². The second-order valence-corrected chi connectivity index (χ2v) is 6.17. The molecule has 0 amide bonds. The van der Waals surface area contributed by atoms with Crippen molar-refractivity contribution < 1.29 is 0 Å². The smallest absolute Gasteiger partial charge is 0.143 e. The van der Waals surface area contributed by atoms with Gasteiger partial charge in [-0.1, -0.05) is 12.1 Å². The van der Waals surface area contributed by atoms with Crippen molar-refractivity contribution in [2.45, 2.75) is 20.4 Å². The van der Waals surface area contributed by atoms with E-state index < -0.39 is 0 Å². The standard InChI is InChI=1S/C20H22N6/c1-3-25(4-2)19-10-9-15(13-21-19)20-23-17-7-5-6-8-18(17)26(20)14-16-11-12-22-24-16/h5-13H,3-4,14H2,1-2H3,(H,22,24). The maximum atomic E-state index is 4.85. The third kappa shape index (κ3) is 2.94.